The van der Waals surface area contributed by atoms with Crippen molar-refractivity contribution in [2.45, 2.75) is 20.3 Å². The van der Waals surface area contributed by atoms with Crippen LogP contribution in [0, 0.1) is 13.8 Å². The van der Waals surface area contributed by atoms with Gasteiger partial charge in [-0.25, -0.2) is 0 Å². The van der Waals surface area contributed by atoms with Gasteiger partial charge in [0.05, 0.1) is 40.0 Å². The van der Waals surface area contributed by atoms with E-state index in [0.29, 0.717) is 0 Å². The molecular weight excluding hydrogens is 408 g/mol. The number of rotatable bonds is 2. The fourth-order valence-electron chi connectivity index (χ4n) is 4.39. The third kappa shape index (κ3) is 11.3. The molecule has 2 aliphatic heterocycles. The lowest BCUT2D eigenvalue weighted by Crippen LogP contribution is -2.50. The highest BCUT2D eigenvalue weighted by atomic mass is 15.5. The molecule has 2 aromatic carbocycles. The van der Waals surface area contributed by atoms with E-state index in [4.69, 9.17) is 0 Å². The molecule has 6 nitrogen and oxygen atoms in total. The van der Waals surface area contributed by atoms with Crippen molar-refractivity contribution in [3.63, 3.8) is 0 Å². The summed E-state index contributed by atoms with van der Waals surface area (Å²) >= 11 is 0. The van der Waals surface area contributed by atoms with Crippen LogP contribution in [0.1, 0.15) is 22.3 Å². The molecule has 0 amide bonds. The third-order valence-corrected chi connectivity index (χ3v) is 5.55. The Kier molecular flexibility index (Phi) is 11.5. The fraction of sp³-hybridized carbons (Fsp3) is 0.556. The molecule has 2 aliphatic rings. The minimum atomic E-state index is 1.03. The first-order valence-electron chi connectivity index (χ1n) is 11.8. The summed E-state index contributed by atoms with van der Waals surface area (Å²) in [5.74, 6) is 0. The second-order valence-corrected chi connectivity index (χ2v) is 10.1. The van der Waals surface area contributed by atoms with E-state index in [2.05, 4.69) is 134 Å². The smallest absolute Gasteiger partial charge is 0.0523 e. The van der Waals surface area contributed by atoms with Crippen LogP contribution in [0.25, 0.3) is 0 Å². The van der Waals surface area contributed by atoms with Gasteiger partial charge in [0, 0.05) is 0 Å². The van der Waals surface area contributed by atoms with Gasteiger partial charge < -0.3 is 0 Å². The number of nitrogens with zero attached hydrogens (tertiary/aromatic N) is 6. The molecule has 33 heavy (non-hydrogen) atoms. The first-order chi connectivity index (χ1) is 15.6. The normalized spacial score (nSPS) is 19.4. The van der Waals surface area contributed by atoms with Crippen molar-refractivity contribution in [2.75, 3.05) is 82.3 Å². The summed E-state index contributed by atoms with van der Waals surface area (Å²) in [5, 5.41) is 0. The van der Waals surface area contributed by atoms with Crippen LogP contribution >= 0.6 is 0 Å². The molecule has 0 bridgehead atoms. The van der Waals surface area contributed by atoms with Crippen LogP contribution in [0.3, 0.4) is 0 Å². The standard InChI is InChI=1S/C15H16.2C6H15N3/c1-12-3-7-14(8-4-12)11-15-9-5-13(2)6-10-15;2*1-7-4-8(2)6-9(3)5-7/h3-10H,11H2,1-2H3;2*4-6H2,1-3H3. The van der Waals surface area contributed by atoms with E-state index in [9.17, 15) is 0 Å². The predicted molar refractivity (Wildman–Crippen MR) is 141 cm³/mol. The molecule has 2 fully saturated rings. The molecule has 0 atom stereocenters. The minimum absolute atomic E-state index is 1.03. The quantitative estimate of drug-likeness (QED) is 0.689. The van der Waals surface area contributed by atoms with Gasteiger partial charge in [-0.15, -0.1) is 0 Å². The molecule has 2 saturated heterocycles. The monoisotopic (exact) mass is 454 g/mol. The average Bonchev–Trinajstić information content (AvgIpc) is 2.70. The molecule has 0 N–H and O–H groups in total. The van der Waals surface area contributed by atoms with Gasteiger partial charge in [0.15, 0.2) is 0 Å². The van der Waals surface area contributed by atoms with E-state index in [0.717, 1.165) is 46.4 Å². The maximum atomic E-state index is 2.28. The molecule has 4 rings (SSSR count). The highest BCUT2D eigenvalue weighted by Crippen LogP contribution is 2.11. The highest BCUT2D eigenvalue weighted by Gasteiger charge is 2.14. The van der Waals surface area contributed by atoms with Gasteiger partial charge in [0.25, 0.3) is 0 Å². The van der Waals surface area contributed by atoms with Crippen LogP contribution < -0.4 is 0 Å². The molecule has 184 valence electrons. The van der Waals surface area contributed by atoms with Gasteiger partial charge >= 0.3 is 0 Å². The lowest BCUT2D eigenvalue weighted by molar-refractivity contribution is 0.0149. The Balaban J connectivity index is 0.000000186. The van der Waals surface area contributed by atoms with Crippen LogP contribution in [-0.2, 0) is 6.42 Å². The zero-order valence-corrected chi connectivity index (χ0v) is 22.3. The maximum absolute atomic E-state index is 2.28. The Labute approximate surface area is 203 Å². The zero-order chi connectivity index (χ0) is 24.4. The second-order valence-electron chi connectivity index (χ2n) is 10.1. The Morgan fingerprint density at radius 2 is 0.636 bits per heavy atom. The number of hydrogen-bond acceptors (Lipinski definition) is 6. The molecular formula is C27H46N6. The Morgan fingerprint density at radius 1 is 0.424 bits per heavy atom. The van der Waals surface area contributed by atoms with Gasteiger partial charge in [0.1, 0.15) is 0 Å². The van der Waals surface area contributed by atoms with Gasteiger partial charge in [-0.05, 0) is 73.7 Å². The summed E-state index contributed by atoms with van der Waals surface area (Å²) in [6.45, 7) is 10.8. The SMILES string of the molecule is CN1CN(C)CN(C)C1.CN1CN(C)CN(C)C1.Cc1ccc(Cc2ccc(C)cc2)cc1. The highest BCUT2D eigenvalue weighted by molar-refractivity contribution is 5.29. The van der Waals surface area contributed by atoms with E-state index in [1.807, 2.05) is 0 Å². The minimum Gasteiger partial charge on any atom is -0.280 e. The average molecular weight is 455 g/mol. The first-order valence-corrected chi connectivity index (χ1v) is 11.8. The van der Waals surface area contributed by atoms with Crippen LogP contribution in [0.4, 0.5) is 0 Å². The molecule has 2 aromatic rings. The van der Waals surface area contributed by atoms with Crippen molar-refractivity contribution >= 4 is 0 Å². The van der Waals surface area contributed by atoms with Crippen LogP contribution in [0.15, 0.2) is 48.5 Å². The van der Waals surface area contributed by atoms with E-state index in [1.165, 1.54) is 22.3 Å². The van der Waals surface area contributed by atoms with Crippen molar-refractivity contribution in [3.8, 4) is 0 Å². The maximum Gasteiger partial charge on any atom is 0.0523 e. The molecule has 0 aromatic heterocycles. The van der Waals surface area contributed by atoms with E-state index < -0.39 is 0 Å². The van der Waals surface area contributed by atoms with E-state index in [1.54, 1.807) is 0 Å². The van der Waals surface area contributed by atoms with E-state index in [-0.39, 0.29) is 0 Å². The fourth-order valence-corrected chi connectivity index (χ4v) is 4.39. The zero-order valence-electron chi connectivity index (χ0n) is 22.3. The molecule has 0 radical (unpaired) electrons. The summed E-state index contributed by atoms with van der Waals surface area (Å²) in [7, 11) is 12.8. The van der Waals surface area contributed by atoms with Gasteiger partial charge in [-0.2, -0.15) is 0 Å². The van der Waals surface area contributed by atoms with Gasteiger partial charge in [-0.1, -0.05) is 59.7 Å². The summed E-state index contributed by atoms with van der Waals surface area (Å²) in [5.41, 5.74) is 5.40. The summed E-state index contributed by atoms with van der Waals surface area (Å²) < 4.78 is 0. The summed E-state index contributed by atoms with van der Waals surface area (Å²) in [4.78, 5) is 13.7. The Bertz CT molecular complexity index is 674. The molecule has 6 heteroatoms. The van der Waals surface area contributed by atoms with Crippen molar-refractivity contribution in [2.24, 2.45) is 0 Å². The van der Waals surface area contributed by atoms with Crippen molar-refractivity contribution in [1.29, 1.82) is 0 Å². The molecule has 0 spiro atoms. The van der Waals surface area contributed by atoms with Crippen LogP contribution in [-0.4, -0.2) is 112 Å². The predicted octanol–water partition coefficient (Wildman–Crippen LogP) is 3.23. The lowest BCUT2D eigenvalue weighted by atomic mass is 10.0. The summed E-state index contributed by atoms with van der Waals surface area (Å²) in [6, 6.07) is 17.5. The molecule has 0 aliphatic carbocycles. The summed E-state index contributed by atoms with van der Waals surface area (Å²) in [6.07, 6.45) is 1.03. The molecule has 0 saturated carbocycles. The van der Waals surface area contributed by atoms with Crippen LogP contribution in [0.2, 0.25) is 0 Å². The number of aryl methyl sites for hydroxylation is 2. The second kappa shape index (κ2) is 13.8. The van der Waals surface area contributed by atoms with Crippen molar-refractivity contribution in [3.05, 3.63) is 70.8 Å². The van der Waals surface area contributed by atoms with Gasteiger partial charge in [0.2, 0.25) is 0 Å². The number of benzene rings is 2. The topological polar surface area (TPSA) is 19.4 Å². The van der Waals surface area contributed by atoms with Crippen molar-refractivity contribution in [1.82, 2.24) is 29.4 Å². The van der Waals surface area contributed by atoms with E-state index >= 15 is 0 Å². The molecule has 0 unspecified atom stereocenters. The largest absolute Gasteiger partial charge is 0.280 e. The lowest BCUT2D eigenvalue weighted by Gasteiger charge is -2.36. The number of hydrogen-bond donors (Lipinski definition) is 0. The first kappa shape index (κ1) is 27.4. The van der Waals surface area contributed by atoms with Crippen LogP contribution in [0.5, 0.6) is 0 Å². The third-order valence-electron chi connectivity index (χ3n) is 5.55. The molecule has 2 heterocycles. The Morgan fingerprint density at radius 3 is 0.848 bits per heavy atom. The Hall–Kier alpha value is -1.80. The van der Waals surface area contributed by atoms with Gasteiger partial charge in [-0.3, -0.25) is 29.4 Å². The van der Waals surface area contributed by atoms with Crippen molar-refractivity contribution < 1.29 is 0 Å².